The lowest BCUT2D eigenvalue weighted by atomic mass is 9.88. The molecule has 3 rings (SSSR count). The van der Waals surface area contributed by atoms with Gasteiger partial charge in [-0.1, -0.05) is 6.42 Å². The number of aromatic hydroxyl groups is 1. The zero-order valence-corrected chi connectivity index (χ0v) is 10.9. The van der Waals surface area contributed by atoms with Crippen LogP contribution in [0.2, 0.25) is 0 Å². The molecule has 0 heterocycles. The number of nitrogens with zero attached hydrogens (tertiary/aromatic N) is 1. The maximum Gasteiger partial charge on any atom is 0.273 e. The lowest BCUT2D eigenvalue weighted by molar-refractivity contribution is -0.384. The molecule has 0 radical (unpaired) electrons. The highest BCUT2D eigenvalue weighted by Gasteiger charge is 2.43. The first kappa shape index (κ1) is 12.9. The normalized spacial score (nSPS) is 27.5. The lowest BCUT2D eigenvalue weighted by Crippen LogP contribution is -2.27. The van der Waals surface area contributed by atoms with Gasteiger partial charge in [-0.3, -0.25) is 14.9 Å². The Kier molecular flexibility index (Phi) is 3.08. The van der Waals surface area contributed by atoms with Crippen molar-refractivity contribution in [1.82, 2.24) is 0 Å². The van der Waals surface area contributed by atoms with Crippen molar-refractivity contribution in [2.45, 2.75) is 25.7 Å². The van der Waals surface area contributed by atoms with Gasteiger partial charge in [0.2, 0.25) is 5.91 Å². The number of anilines is 1. The maximum absolute atomic E-state index is 12.2. The van der Waals surface area contributed by atoms with Gasteiger partial charge in [0.25, 0.3) is 5.69 Å². The van der Waals surface area contributed by atoms with E-state index < -0.39 is 4.92 Å². The quantitative estimate of drug-likeness (QED) is 0.504. The molecule has 0 aromatic heterocycles. The second-order valence-electron chi connectivity index (χ2n) is 5.73. The molecule has 2 aliphatic rings. The molecule has 2 N–H and O–H groups in total. The smallest absolute Gasteiger partial charge is 0.273 e. The first-order valence-corrected chi connectivity index (χ1v) is 6.83. The summed E-state index contributed by atoms with van der Waals surface area (Å²) in [7, 11) is 0. The van der Waals surface area contributed by atoms with E-state index in [1.807, 2.05) is 0 Å². The highest BCUT2D eigenvalue weighted by Crippen LogP contribution is 2.48. The van der Waals surface area contributed by atoms with Gasteiger partial charge in [-0.15, -0.1) is 0 Å². The van der Waals surface area contributed by atoms with Crippen molar-refractivity contribution in [1.29, 1.82) is 0 Å². The third-order valence-corrected chi connectivity index (χ3v) is 4.52. The SMILES string of the molecule is O=C(Nc1ccc([N+](=O)[O-])cc1O)C1CC2CCC1C2. The number of fused-ring (bicyclic) bond motifs is 2. The van der Waals surface area contributed by atoms with E-state index in [2.05, 4.69) is 5.32 Å². The molecule has 0 aliphatic heterocycles. The van der Waals surface area contributed by atoms with Crippen LogP contribution in [0.1, 0.15) is 25.7 Å². The van der Waals surface area contributed by atoms with Crippen LogP contribution in [0.3, 0.4) is 0 Å². The van der Waals surface area contributed by atoms with Crippen LogP contribution in [-0.2, 0) is 4.79 Å². The minimum absolute atomic E-state index is 0.0170. The van der Waals surface area contributed by atoms with Crippen LogP contribution in [0.15, 0.2) is 18.2 Å². The zero-order valence-electron chi connectivity index (χ0n) is 10.9. The summed E-state index contributed by atoms with van der Waals surface area (Å²) in [5.41, 5.74) is 0.0452. The Balaban J connectivity index is 1.71. The first-order valence-electron chi connectivity index (χ1n) is 6.83. The van der Waals surface area contributed by atoms with Crippen molar-refractivity contribution in [2.24, 2.45) is 17.8 Å². The van der Waals surface area contributed by atoms with E-state index in [9.17, 15) is 20.0 Å². The standard InChI is InChI=1S/C14H16N2O4/c17-13-7-10(16(19)20)3-4-12(13)15-14(18)11-6-8-1-2-9(11)5-8/h3-4,7-9,11,17H,1-2,5-6H2,(H,15,18). The Morgan fingerprint density at radius 1 is 1.35 bits per heavy atom. The number of phenolic OH excluding ortho intramolecular Hbond substituents is 1. The number of non-ortho nitro benzene ring substituents is 1. The van der Waals surface area contributed by atoms with Crippen LogP contribution >= 0.6 is 0 Å². The molecule has 2 fully saturated rings. The summed E-state index contributed by atoms with van der Waals surface area (Å²) in [6.45, 7) is 0. The Hall–Kier alpha value is -2.11. The van der Waals surface area contributed by atoms with Gasteiger partial charge in [-0.25, -0.2) is 0 Å². The Labute approximate surface area is 115 Å². The van der Waals surface area contributed by atoms with Gasteiger partial charge < -0.3 is 10.4 Å². The number of benzene rings is 1. The number of nitrogens with one attached hydrogen (secondary N) is 1. The van der Waals surface area contributed by atoms with Crippen LogP contribution in [0.25, 0.3) is 0 Å². The van der Waals surface area contributed by atoms with Crippen molar-refractivity contribution >= 4 is 17.3 Å². The van der Waals surface area contributed by atoms with E-state index >= 15 is 0 Å². The Bertz CT molecular complexity index is 572. The number of nitro benzene ring substituents is 1. The molecule has 1 amide bonds. The number of hydrogen-bond acceptors (Lipinski definition) is 4. The molecule has 0 saturated heterocycles. The highest BCUT2D eigenvalue weighted by molar-refractivity contribution is 5.94. The van der Waals surface area contributed by atoms with Gasteiger partial charge in [-0.05, 0) is 37.2 Å². The average Bonchev–Trinajstić information content (AvgIpc) is 3.03. The number of nitro groups is 1. The molecule has 2 aliphatic carbocycles. The third-order valence-electron chi connectivity index (χ3n) is 4.52. The van der Waals surface area contributed by atoms with Crippen LogP contribution in [-0.4, -0.2) is 15.9 Å². The molecule has 6 nitrogen and oxygen atoms in total. The fourth-order valence-corrected chi connectivity index (χ4v) is 3.53. The van der Waals surface area contributed by atoms with Crippen molar-refractivity contribution < 1.29 is 14.8 Å². The number of phenols is 1. The number of rotatable bonds is 3. The fourth-order valence-electron chi connectivity index (χ4n) is 3.53. The van der Waals surface area contributed by atoms with E-state index in [0.717, 1.165) is 25.3 Å². The number of hydrogen-bond donors (Lipinski definition) is 2. The summed E-state index contributed by atoms with van der Waals surface area (Å²) in [5.74, 6) is 0.793. The van der Waals surface area contributed by atoms with Crippen molar-refractivity contribution in [2.75, 3.05) is 5.32 Å². The van der Waals surface area contributed by atoms with E-state index in [4.69, 9.17) is 0 Å². The molecule has 20 heavy (non-hydrogen) atoms. The third kappa shape index (κ3) is 2.21. The molecule has 6 heteroatoms. The summed E-state index contributed by atoms with van der Waals surface area (Å²) in [4.78, 5) is 22.2. The molecule has 1 aromatic rings. The minimum Gasteiger partial charge on any atom is -0.506 e. The van der Waals surface area contributed by atoms with Crippen LogP contribution in [0, 0.1) is 27.9 Å². The molecule has 1 aromatic carbocycles. The van der Waals surface area contributed by atoms with Crippen molar-refractivity contribution in [3.63, 3.8) is 0 Å². The maximum atomic E-state index is 12.2. The summed E-state index contributed by atoms with van der Waals surface area (Å²) in [6, 6.07) is 3.70. The van der Waals surface area contributed by atoms with E-state index in [-0.39, 0.29) is 28.9 Å². The minimum atomic E-state index is -0.582. The van der Waals surface area contributed by atoms with Crippen LogP contribution in [0.4, 0.5) is 11.4 Å². The summed E-state index contributed by atoms with van der Waals surface area (Å²) >= 11 is 0. The number of amides is 1. The van der Waals surface area contributed by atoms with Gasteiger partial charge in [0.05, 0.1) is 16.7 Å². The monoisotopic (exact) mass is 276 g/mol. The Morgan fingerprint density at radius 2 is 2.15 bits per heavy atom. The topological polar surface area (TPSA) is 92.5 Å². The molecule has 3 atom stereocenters. The zero-order chi connectivity index (χ0) is 14.3. The average molecular weight is 276 g/mol. The Morgan fingerprint density at radius 3 is 2.70 bits per heavy atom. The van der Waals surface area contributed by atoms with E-state index in [1.165, 1.54) is 18.6 Å². The summed E-state index contributed by atoms with van der Waals surface area (Å²) in [6.07, 6.45) is 4.38. The van der Waals surface area contributed by atoms with E-state index in [0.29, 0.717) is 11.8 Å². The molecular formula is C14H16N2O4. The number of carbonyl (C=O) groups excluding carboxylic acids is 1. The molecule has 3 unspecified atom stereocenters. The second kappa shape index (κ2) is 4.77. The van der Waals surface area contributed by atoms with Crippen LogP contribution < -0.4 is 5.32 Å². The van der Waals surface area contributed by atoms with E-state index in [1.54, 1.807) is 0 Å². The molecular weight excluding hydrogens is 260 g/mol. The molecule has 2 saturated carbocycles. The van der Waals surface area contributed by atoms with Gasteiger partial charge in [0.1, 0.15) is 5.75 Å². The van der Waals surface area contributed by atoms with Gasteiger partial charge in [-0.2, -0.15) is 0 Å². The molecule has 106 valence electrons. The predicted molar refractivity (Wildman–Crippen MR) is 72.3 cm³/mol. The second-order valence-corrected chi connectivity index (χ2v) is 5.73. The highest BCUT2D eigenvalue weighted by atomic mass is 16.6. The summed E-state index contributed by atoms with van der Waals surface area (Å²) < 4.78 is 0. The molecule has 2 bridgehead atoms. The van der Waals surface area contributed by atoms with Crippen molar-refractivity contribution in [3.05, 3.63) is 28.3 Å². The molecule has 0 spiro atoms. The lowest BCUT2D eigenvalue weighted by Gasteiger charge is -2.20. The largest absolute Gasteiger partial charge is 0.506 e. The van der Waals surface area contributed by atoms with Crippen molar-refractivity contribution in [3.8, 4) is 5.75 Å². The summed E-state index contributed by atoms with van der Waals surface area (Å²) in [5, 5.41) is 23.0. The van der Waals surface area contributed by atoms with Gasteiger partial charge >= 0.3 is 0 Å². The van der Waals surface area contributed by atoms with Gasteiger partial charge in [0, 0.05) is 12.0 Å². The predicted octanol–water partition coefficient (Wildman–Crippen LogP) is 2.68. The number of carbonyl (C=O) groups is 1. The van der Waals surface area contributed by atoms with Crippen LogP contribution in [0.5, 0.6) is 5.75 Å². The first-order chi connectivity index (χ1) is 9.54. The van der Waals surface area contributed by atoms with Gasteiger partial charge in [0.15, 0.2) is 0 Å². The fraction of sp³-hybridized carbons (Fsp3) is 0.500.